The first-order valence-electron chi connectivity index (χ1n) is 7.69. The molecule has 7 heteroatoms. The van der Waals surface area contributed by atoms with Crippen molar-refractivity contribution in [2.24, 2.45) is 0 Å². The van der Waals surface area contributed by atoms with Crippen molar-refractivity contribution >= 4 is 5.91 Å². The fraction of sp³-hybridized carbons (Fsp3) is 0.353. The predicted octanol–water partition coefficient (Wildman–Crippen LogP) is 1.65. The van der Waals surface area contributed by atoms with Gasteiger partial charge >= 0.3 is 0 Å². The topological polar surface area (TPSA) is 84.2 Å². The van der Waals surface area contributed by atoms with E-state index in [0.29, 0.717) is 12.8 Å². The molecule has 2 rings (SSSR count). The highest BCUT2D eigenvalue weighted by Crippen LogP contribution is 2.15. The van der Waals surface area contributed by atoms with Crippen molar-refractivity contribution in [1.82, 2.24) is 15.1 Å². The zero-order valence-electron chi connectivity index (χ0n) is 13.6. The molecule has 0 aliphatic heterocycles. The lowest BCUT2D eigenvalue weighted by molar-refractivity contribution is 0.0879. The van der Waals surface area contributed by atoms with Gasteiger partial charge < -0.3 is 10.4 Å². The van der Waals surface area contributed by atoms with E-state index in [-0.39, 0.29) is 18.0 Å². The van der Waals surface area contributed by atoms with E-state index in [0.717, 1.165) is 4.68 Å². The lowest BCUT2D eigenvalue weighted by Crippen LogP contribution is -2.46. The van der Waals surface area contributed by atoms with E-state index < -0.39 is 22.8 Å². The number of rotatable bonds is 6. The molecule has 1 aromatic carbocycles. The number of nitrogens with one attached hydrogen (secondary N) is 1. The van der Waals surface area contributed by atoms with Gasteiger partial charge in [-0.2, -0.15) is 9.78 Å². The lowest BCUT2D eigenvalue weighted by atomic mass is 9.95. The minimum Gasteiger partial charge on any atom is -0.396 e. The Morgan fingerprint density at radius 2 is 2.04 bits per heavy atom. The van der Waals surface area contributed by atoms with Crippen LogP contribution in [0, 0.1) is 5.82 Å². The van der Waals surface area contributed by atoms with Crippen molar-refractivity contribution in [3.63, 3.8) is 0 Å². The van der Waals surface area contributed by atoms with Crippen molar-refractivity contribution in [2.45, 2.75) is 32.2 Å². The molecule has 0 aliphatic rings. The lowest BCUT2D eigenvalue weighted by Gasteiger charge is -2.28. The molecule has 1 aromatic heterocycles. The van der Waals surface area contributed by atoms with Crippen LogP contribution in [0.2, 0.25) is 0 Å². The Bertz CT molecular complexity index is 791. The molecule has 0 saturated carbocycles. The molecule has 0 aliphatic carbocycles. The number of hydrogen-bond donors (Lipinski definition) is 2. The molecule has 0 fully saturated rings. The maximum atomic E-state index is 13.9. The summed E-state index contributed by atoms with van der Waals surface area (Å²) in [4.78, 5) is 24.4. The molecule has 2 aromatic rings. The van der Waals surface area contributed by atoms with Gasteiger partial charge in [-0.05, 0) is 38.0 Å². The van der Waals surface area contributed by atoms with Gasteiger partial charge in [0.25, 0.3) is 11.5 Å². The van der Waals surface area contributed by atoms with Gasteiger partial charge in [0.15, 0.2) is 0 Å². The van der Waals surface area contributed by atoms with E-state index in [2.05, 4.69) is 10.4 Å². The van der Waals surface area contributed by atoms with E-state index in [1.807, 2.05) is 13.8 Å². The number of nitrogens with zero attached hydrogens (tertiary/aromatic N) is 2. The Morgan fingerprint density at radius 1 is 1.33 bits per heavy atom. The first kappa shape index (κ1) is 17.8. The minimum absolute atomic E-state index is 0.00420. The first-order chi connectivity index (χ1) is 11.4. The van der Waals surface area contributed by atoms with Crippen LogP contribution in [0.15, 0.2) is 41.2 Å². The summed E-state index contributed by atoms with van der Waals surface area (Å²) < 4.78 is 14.7. The normalized spacial score (nSPS) is 13.3. The zero-order chi connectivity index (χ0) is 17.7. The van der Waals surface area contributed by atoms with Gasteiger partial charge in [-0.15, -0.1) is 0 Å². The van der Waals surface area contributed by atoms with Gasteiger partial charge in [0.2, 0.25) is 0 Å². The number of carbonyl (C=O) groups excluding carboxylic acids is 1. The van der Waals surface area contributed by atoms with Crippen molar-refractivity contribution < 1.29 is 14.3 Å². The molecule has 1 heterocycles. The molecule has 6 nitrogen and oxygen atoms in total. The maximum Gasteiger partial charge on any atom is 0.272 e. The highest BCUT2D eigenvalue weighted by molar-refractivity contribution is 5.92. The number of carbonyl (C=O) groups is 1. The average molecular weight is 333 g/mol. The fourth-order valence-electron chi connectivity index (χ4n) is 2.24. The van der Waals surface area contributed by atoms with Gasteiger partial charge in [-0.25, -0.2) is 4.39 Å². The molecule has 0 spiro atoms. The molecule has 1 atom stereocenters. The third kappa shape index (κ3) is 3.86. The molecular weight excluding hydrogens is 313 g/mol. The summed E-state index contributed by atoms with van der Waals surface area (Å²) in [5, 5.41) is 15.9. The summed E-state index contributed by atoms with van der Waals surface area (Å²) in [5.41, 5.74) is -1.15. The third-order valence-electron chi connectivity index (χ3n) is 3.97. The van der Waals surface area contributed by atoms with Crippen molar-refractivity contribution in [2.75, 3.05) is 6.61 Å². The second-order valence-corrected chi connectivity index (χ2v) is 5.76. The third-order valence-corrected chi connectivity index (χ3v) is 3.97. The number of amides is 1. The maximum absolute atomic E-state index is 13.9. The molecule has 24 heavy (non-hydrogen) atoms. The van der Waals surface area contributed by atoms with Crippen LogP contribution >= 0.6 is 0 Å². The van der Waals surface area contributed by atoms with Crippen LogP contribution in [0.25, 0.3) is 5.69 Å². The SMILES string of the molecule is CCC(C)(CCO)NC(=O)c1ccc(=O)n(-c2ccccc2F)n1. The number of aromatic nitrogens is 2. The molecule has 0 radical (unpaired) electrons. The number of benzene rings is 1. The quantitative estimate of drug-likeness (QED) is 0.842. The largest absolute Gasteiger partial charge is 0.396 e. The van der Waals surface area contributed by atoms with Crippen molar-refractivity contribution in [3.8, 4) is 5.69 Å². The second-order valence-electron chi connectivity index (χ2n) is 5.76. The number of hydrogen-bond acceptors (Lipinski definition) is 4. The molecule has 1 amide bonds. The van der Waals surface area contributed by atoms with Crippen LogP contribution in [-0.2, 0) is 0 Å². The Balaban J connectivity index is 2.36. The Labute approximate surface area is 138 Å². The predicted molar refractivity (Wildman–Crippen MR) is 87.7 cm³/mol. The molecule has 128 valence electrons. The van der Waals surface area contributed by atoms with Crippen LogP contribution < -0.4 is 10.9 Å². The van der Waals surface area contributed by atoms with E-state index >= 15 is 0 Å². The number of aliphatic hydroxyl groups excluding tert-OH is 1. The second kappa shape index (κ2) is 7.35. The Kier molecular flexibility index (Phi) is 5.46. The zero-order valence-corrected chi connectivity index (χ0v) is 13.6. The van der Waals surface area contributed by atoms with Crippen LogP contribution in [0.3, 0.4) is 0 Å². The number of aliphatic hydroxyl groups is 1. The van der Waals surface area contributed by atoms with Crippen LogP contribution in [0.1, 0.15) is 37.2 Å². The Hall–Kier alpha value is -2.54. The van der Waals surface area contributed by atoms with Crippen molar-refractivity contribution in [1.29, 1.82) is 0 Å². The summed E-state index contributed by atoms with van der Waals surface area (Å²) in [6.07, 6.45) is 1.01. The van der Waals surface area contributed by atoms with Crippen LogP contribution in [0.5, 0.6) is 0 Å². The Morgan fingerprint density at radius 3 is 2.67 bits per heavy atom. The van der Waals surface area contributed by atoms with E-state index in [1.165, 1.54) is 30.3 Å². The highest BCUT2D eigenvalue weighted by Gasteiger charge is 2.25. The smallest absolute Gasteiger partial charge is 0.272 e. The molecule has 0 saturated heterocycles. The van der Waals surface area contributed by atoms with Crippen LogP contribution in [-0.4, -0.2) is 32.9 Å². The summed E-state index contributed by atoms with van der Waals surface area (Å²) in [5.74, 6) is -1.10. The van der Waals surface area contributed by atoms with Gasteiger partial charge in [-0.3, -0.25) is 9.59 Å². The minimum atomic E-state index is -0.608. The fourth-order valence-corrected chi connectivity index (χ4v) is 2.24. The summed E-state index contributed by atoms with van der Waals surface area (Å²) in [7, 11) is 0. The van der Waals surface area contributed by atoms with Gasteiger partial charge in [-0.1, -0.05) is 19.1 Å². The van der Waals surface area contributed by atoms with Crippen molar-refractivity contribution in [3.05, 3.63) is 58.3 Å². The number of halogens is 1. The van der Waals surface area contributed by atoms with E-state index in [4.69, 9.17) is 5.11 Å². The summed E-state index contributed by atoms with van der Waals surface area (Å²) >= 11 is 0. The van der Waals surface area contributed by atoms with Gasteiger partial charge in [0.05, 0.1) is 0 Å². The number of para-hydroxylation sites is 1. The van der Waals surface area contributed by atoms with E-state index in [1.54, 1.807) is 6.07 Å². The highest BCUT2D eigenvalue weighted by atomic mass is 19.1. The molecule has 0 bridgehead atoms. The standard InChI is InChI=1S/C17H20FN3O3/c1-3-17(2,10-11-22)19-16(24)13-8-9-15(23)21(20-13)14-7-5-4-6-12(14)18/h4-9,22H,3,10-11H2,1-2H3,(H,19,24). The van der Waals surface area contributed by atoms with Gasteiger partial charge in [0.1, 0.15) is 17.2 Å². The molecule has 1 unspecified atom stereocenters. The average Bonchev–Trinajstić information content (AvgIpc) is 2.56. The summed E-state index contributed by atoms with van der Waals surface area (Å²) in [6, 6.07) is 8.17. The molecule has 2 N–H and O–H groups in total. The van der Waals surface area contributed by atoms with Gasteiger partial charge in [0, 0.05) is 18.2 Å². The first-order valence-corrected chi connectivity index (χ1v) is 7.69. The summed E-state index contributed by atoms with van der Waals surface area (Å²) in [6.45, 7) is 3.64. The van der Waals surface area contributed by atoms with Crippen LogP contribution in [0.4, 0.5) is 4.39 Å². The van der Waals surface area contributed by atoms with E-state index in [9.17, 15) is 14.0 Å². The monoisotopic (exact) mass is 333 g/mol. The molecular formula is C17H20FN3O3.